The van der Waals surface area contributed by atoms with E-state index in [9.17, 15) is 0 Å². The maximum atomic E-state index is 3.00. The lowest BCUT2D eigenvalue weighted by atomic mass is 10.4. The van der Waals surface area contributed by atoms with Gasteiger partial charge in [0, 0.05) is 13.1 Å². The molecule has 1 saturated heterocycles. The molecule has 0 N–H and O–H groups in total. The molecular formula is C8H15N. The Kier molecular flexibility index (Phi) is 1.91. The summed E-state index contributed by atoms with van der Waals surface area (Å²) in [5.41, 5.74) is 0. The van der Waals surface area contributed by atoms with Crippen LogP contribution >= 0.6 is 0 Å². The van der Waals surface area contributed by atoms with Gasteiger partial charge in [-0.3, -0.25) is 0 Å². The summed E-state index contributed by atoms with van der Waals surface area (Å²) in [6.07, 6.45) is 1.53. The van der Waals surface area contributed by atoms with Crippen molar-refractivity contribution in [2.24, 2.45) is 11.8 Å². The first-order valence-corrected chi connectivity index (χ1v) is 3.55. The molecule has 2 aliphatic rings. The Morgan fingerprint density at radius 1 is 1.22 bits per heavy atom. The number of rotatable bonds is 0. The number of nitrogens with zero attached hydrogens (tertiary/aromatic N) is 1. The first kappa shape index (κ1) is 6.81. The Morgan fingerprint density at radius 3 is 1.89 bits per heavy atom. The molecule has 1 heteroatoms. The molecule has 0 spiro atoms. The van der Waals surface area contributed by atoms with Crippen LogP contribution in [0.1, 0.15) is 6.42 Å². The van der Waals surface area contributed by atoms with Crippen molar-refractivity contribution >= 4 is 0 Å². The van der Waals surface area contributed by atoms with Crippen LogP contribution in [0.5, 0.6) is 0 Å². The van der Waals surface area contributed by atoms with Gasteiger partial charge in [-0.25, -0.2) is 0 Å². The second-order valence-electron chi connectivity index (χ2n) is 2.98. The number of likely N-dealkylation sites (tertiary alicyclic amines) is 1. The van der Waals surface area contributed by atoms with E-state index >= 15 is 0 Å². The van der Waals surface area contributed by atoms with Crippen LogP contribution in [0.15, 0.2) is 13.2 Å². The number of hydrogen-bond acceptors (Lipinski definition) is 1. The quantitative estimate of drug-likeness (QED) is 0.442. The summed E-state index contributed by atoms with van der Waals surface area (Å²) in [4.78, 5) is 2.43. The van der Waals surface area contributed by atoms with Gasteiger partial charge in [-0.05, 0) is 25.3 Å². The van der Waals surface area contributed by atoms with E-state index in [0.29, 0.717) is 0 Å². The maximum Gasteiger partial charge on any atom is 0.000997 e. The van der Waals surface area contributed by atoms with E-state index in [4.69, 9.17) is 0 Å². The van der Waals surface area contributed by atoms with Crippen LogP contribution in [-0.2, 0) is 0 Å². The van der Waals surface area contributed by atoms with Gasteiger partial charge in [0.1, 0.15) is 0 Å². The van der Waals surface area contributed by atoms with Crippen molar-refractivity contribution in [2.45, 2.75) is 6.42 Å². The lowest BCUT2D eigenvalue weighted by molar-refractivity contribution is 0.373. The van der Waals surface area contributed by atoms with Crippen molar-refractivity contribution in [1.82, 2.24) is 4.90 Å². The third-order valence-corrected chi connectivity index (χ3v) is 2.16. The highest BCUT2D eigenvalue weighted by Gasteiger charge is 2.43. The maximum absolute atomic E-state index is 3.00. The SMILES string of the molecule is C=C.CN1CC2CC2C1. The Labute approximate surface area is 57.4 Å². The molecule has 0 aromatic carbocycles. The smallest absolute Gasteiger partial charge is 0.000997 e. The monoisotopic (exact) mass is 125 g/mol. The third kappa shape index (κ3) is 1.33. The van der Waals surface area contributed by atoms with Crippen molar-refractivity contribution in [3.8, 4) is 0 Å². The van der Waals surface area contributed by atoms with E-state index in [2.05, 4.69) is 25.1 Å². The molecule has 2 rings (SSSR count). The Bertz CT molecular complexity index is 90.7. The summed E-state index contributed by atoms with van der Waals surface area (Å²) in [6.45, 7) is 8.76. The van der Waals surface area contributed by atoms with Gasteiger partial charge < -0.3 is 4.90 Å². The minimum absolute atomic E-state index is 1.12. The number of hydrogen-bond donors (Lipinski definition) is 0. The van der Waals surface area contributed by atoms with E-state index in [-0.39, 0.29) is 0 Å². The zero-order valence-corrected chi connectivity index (χ0v) is 6.14. The zero-order chi connectivity index (χ0) is 6.85. The third-order valence-electron chi connectivity index (χ3n) is 2.16. The van der Waals surface area contributed by atoms with Crippen LogP contribution < -0.4 is 0 Å². The summed E-state index contributed by atoms with van der Waals surface area (Å²) >= 11 is 0. The van der Waals surface area contributed by atoms with E-state index in [1.165, 1.54) is 19.5 Å². The fraction of sp³-hybridized carbons (Fsp3) is 0.750. The molecular weight excluding hydrogens is 110 g/mol. The molecule has 0 radical (unpaired) electrons. The highest BCUT2D eigenvalue weighted by atomic mass is 15.1. The van der Waals surface area contributed by atoms with Gasteiger partial charge in [-0.15, -0.1) is 13.2 Å². The molecule has 1 nitrogen and oxygen atoms in total. The average Bonchev–Trinajstić information content (AvgIpc) is 2.46. The molecule has 2 fully saturated rings. The lowest BCUT2D eigenvalue weighted by Crippen LogP contribution is -2.15. The van der Waals surface area contributed by atoms with Crippen molar-refractivity contribution in [2.75, 3.05) is 20.1 Å². The van der Waals surface area contributed by atoms with Crippen LogP contribution in [-0.4, -0.2) is 25.0 Å². The van der Waals surface area contributed by atoms with Gasteiger partial charge >= 0.3 is 0 Å². The molecule has 9 heavy (non-hydrogen) atoms. The molecule has 2 atom stereocenters. The van der Waals surface area contributed by atoms with Crippen LogP contribution in [0.25, 0.3) is 0 Å². The second-order valence-corrected chi connectivity index (χ2v) is 2.98. The molecule has 2 unspecified atom stereocenters. The lowest BCUT2D eigenvalue weighted by Gasteiger charge is -2.06. The van der Waals surface area contributed by atoms with Gasteiger partial charge in [0.15, 0.2) is 0 Å². The molecule has 0 aromatic heterocycles. The first-order valence-electron chi connectivity index (χ1n) is 3.55. The standard InChI is InChI=1S/C6H11N.C2H4/c1-7-3-5-2-6(5)4-7;1-2/h5-6H,2-4H2,1H3;1-2H2. The van der Waals surface area contributed by atoms with Gasteiger partial charge in [-0.2, -0.15) is 0 Å². The van der Waals surface area contributed by atoms with Crippen LogP contribution in [0, 0.1) is 11.8 Å². The minimum atomic E-state index is 1.12. The van der Waals surface area contributed by atoms with Gasteiger partial charge in [0.2, 0.25) is 0 Å². The predicted molar refractivity (Wildman–Crippen MR) is 40.3 cm³/mol. The Morgan fingerprint density at radius 2 is 1.67 bits per heavy atom. The molecule has 1 saturated carbocycles. The van der Waals surface area contributed by atoms with Crippen molar-refractivity contribution in [3.05, 3.63) is 13.2 Å². The fourth-order valence-corrected chi connectivity index (χ4v) is 1.63. The molecule has 52 valence electrons. The number of fused-ring (bicyclic) bond motifs is 1. The molecule has 0 amide bonds. The van der Waals surface area contributed by atoms with Gasteiger partial charge in [0.05, 0.1) is 0 Å². The highest BCUT2D eigenvalue weighted by molar-refractivity contribution is 4.95. The zero-order valence-electron chi connectivity index (χ0n) is 6.14. The minimum Gasteiger partial charge on any atom is -0.306 e. The molecule has 1 aliphatic heterocycles. The summed E-state index contributed by atoms with van der Waals surface area (Å²) < 4.78 is 0. The van der Waals surface area contributed by atoms with E-state index in [1.807, 2.05) is 0 Å². The Balaban J connectivity index is 0.000000186. The highest BCUT2D eigenvalue weighted by Crippen LogP contribution is 2.43. The summed E-state index contributed by atoms with van der Waals surface area (Å²) in [6, 6.07) is 0. The molecule has 0 aromatic rings. The van der Waals surface area contributed by atoms with Crippen molar-refractivity contribution < 1.29 is 0 Å². The molecule has 1 heterocycles. The Hall–Kier alpha value is -0.300. The molecule has 1 aliphatic carbocycles. The predicted octanol–water partition coefficient (Wildman–Crippen LogP) is 1.37. The van der Waals surface area contributed by atoms with Crippen LogP contribution in [0.3, 0.4) is 0 Å². The first-order chi connectivity index (χ1) is 4.36. The van der Waals surface area contributed by atoms with Crippen LogP contribution in [0.4, 0.5) is 0 Å². The summed E-state index contributed by atoms with van der Waals surface area (Å²) in [5.74, 6) is 2.23. The summed E-state index contributed by atoms with van der Waals surface area (Å²) in [5, 5.41) is 0. The topological polar surface area (TPSA) is 3.24 Å². The van der Waals surface area contributed by atoms with Gasteiger partial charge in [-0.1, -0.05) is 0 Å². The molecule has 0 bridgehead atoms. The fourth-order valence-electron chi connectivity index (χ4n) is 1.63. The van der Waals surface area contributed by atoms with E-state index in [1.54, 1.807) is 0 Å². The number of piperidine rings is 1. The summed E-state index contributed by atoms with van der Waals surface area (Å²) in [7, 11) is 2.21. The average molecular weight is 125 g/mol. The normalized spacial score (nSPS) is 38.8. The van der Waals surface area contributed by atoms with E-state index < -0.39 is 0 Å². The second kappa shape index (κ2) is 2.53. The van der Waals surface area contributed by atoms with E-state index in [0.717, 1.165) is 11.8 Å². The van der Waals surface area contributed by atoms with Crippen LogP contribution in [0.2, 0.25) is 0 Å². The van der Waals surface area contributed by atoms with Crippen molar-refractivity contribution in [1.29, 1.82) is 0 Å². The van der Waals surface area contributed by atoms with Crippen molar-refractivity contribution in [3.63, 3.8) is 0 Å². The van der Waals surface area contributed by atoms with Gasteiger partial charge in [0.25, 0.3) is 0 Å². The largest absolute Gasteiger partial charge is 0.306 e.